The maximum atomic E-state index is 4.85. The zero-order chi connectivity index (χ0) is 6.24. The van der Waals surface area contributed by atoms with Crippen molar-refractivity contribution in [2.45, 2.75) is 19.3 Å². The molecule has 0 aliphatic heterocycles. The van der Waals surface area contributed by atoms with E-state index in [0.29, 0.717) is 0 Å². The summed E-state index contributed by atoms with van der Waals surface area (Å²) in [6.07, 6.45) is 3.54. The molecular formula is C6H14ClO+. The summed E-state index contributed by atoms with van der Waals surface area (Å²) in [4.78, 5) is 0. The summed E-state index contributed by atoms with van der Waals surface area (Å²) in [5, 5.41) is 0. The predicted molar refractivity (Wildman–Crippen MR) is 32.0 cm³/mol. The van der Waals surface area contributed by atoms with E-state index in [1.807, 2.05) is 0 Å². The zero-order valence-corrected chi connectivity index (χ0v) is 6.17. The quantitative estimate of drug-likeness (QED) is 0.407. The summed E-state index contributed by atoms with van der Waals surface area (Å²) in [5.74, 6) is 0.893. The number of rotatable bonds is 5. The third kappa shape index (κ3) is 6.25. The fourth-order valence-electron chi connectivity index (χ4n) is 0.525. The van der Waals surface area contributed by atoms with E-state index in [2.05, 4.69) is 0 Å². The fraction of sp³-hybridized carbons (Fsp3) is 1.00. The van der Waals surface area contributed by atoms with Gasteiger partial charge in [0.2, 0.25) is 0 Å². The lowest BCUT2D eigenvalue weighted by Gasteiger charge is -1.92. The first-order valence-corrected chi connectivity index (χ1v) is 3.56. The Bertz CT molecular complexity index is 33.5. The molecule has 0 bridgehead atoms. The van der Waals surface area contributed by atoms with Crippen LogP contribution in [0.5, 0.6) is 0 Å². The van der Waals surface area contributed by atoms with Crippen molar-refractivity contribution in [1.82, 2.24) is 0 Å². The molecule has 0 radical (unpaired) electrons. The number of unbranched alkanes of at least 4 members (excludes halogenated alkanes) is 2. The van der Waals surface area contributed by atoms with Gasteiger partial charge in [0.1, 0.15) is 11.6 Å². The molecule has 0 unspecified atom stereocenters. The van der Waals surface area contributed by atoms with Gasteiger partial charge in [0, 0.05) is 20.1 Å². The van der Waals surface area contributed by atoms with Gasteiger partial charge in [0.25, 0.3) is 0 Å². The van der Waals surface area contributed by atoms with Crippen molar-refractivity contribution in [2.75, 3.05) is 19.6 Å². The van der Waals surface area contributed by atoms with Gasteiger partial charge >= 0.3 is 0 Å². The summed E-state index contributed by atoms with van der Waals surface area (Å²) < 4.78 is 4.85. The van der Waals surface area contributed by atoms with E-state index in [0.717, 1.165) is 18.9 Å². The molecule has 0 aromatic heterocycles. The largest absolute Gasteiger partial charge is 0.385 e. The van der Waals surface area contributed by atoms with Crippen molar-refractivity contribution in [3.05, 3.63) is 0 Å². The molecule has 0 aromatic rings. The first-order chi connectivity index (χ1) is 3.91. The van der Waals surface area contributed by atoms with Crippen molar-refractivity contribution in [3.8, 4) is 0 Å². The Morgan fingerprint density at radius 3 is 2.50 bits per heavy atom. The topological polar surface area (TPSA) is 9.23 Å². The van der Waals surface area contributed by atoms with Gasteiger partial charge in [-0.3, -0.25) is 0 Å². The molecule has 1 nitrogen and oxygen atoms in total. The van der Waals surface area contributed by atoms with Gasteiger partial charge in [0.05, 0.1) is 0 Å². The number of halogens is 1. The predicted octanol–water partition coefficient (Wildman–Crippen LogP) is 1.08. The number of hydrogen-bond acceptors (Lipinski definition) is 1. The van der Waals surface area contributed by atoms with Crippen molar-refractivity contribution in [3.63, 3.8) is 0 Å². The van der Waals surface area contributed by atoms with Crippen molar-refractivity contribution in [1.29, 1.82) is 0 Å². The Morgan fingerprint density at radius 2 is 2.00 bits per heavy atom. The highest BCUT2D eigenvalue weighted by atomic mass is 35.5. The monoisotopic (exact) mass is 137 g/mol. The van der Waals surface area contributed by atoms with Gasteiger partial charge in [-0.15, -0.1) is 0 Å². The highest BCUT2D eigenvalue weighted by molar-refractivity contribution is 4.36. The normalized spacial score (nSPS) is 9.75. The SMILES string of the molecule is COCCCCC[ClH+]. The summed E-state index contributed by atoms with van der Waals surface area (Å²) >= 11 is 4.76. The van der Waals surface area contributed by atoms with E-state index in [9.17, 15) is 0 Å². The second kappa shape index (κ2) is 7.25. The Balaban J connectivity index is 2.53. The number of hydrogen-bond donors (Lipinski definition) is 0. The van der Waals surface area contributed by atoms with E-state index >= 15 is 0 Å². The van der Waals surface area contributed by atoms with Crippen LogP contribution in [0, 0.1) is 11.6 Å². The summed E-state index contributed by atoms with van der Waals surface area (Å²) in [6.45, 7) is 0.884. The lowest BCUT2D eigenvalue weighted by molar-refractivity contribution is -0.368. The lowest BCUT2D eigenvalue weighted by Crippen LogP contribution is -1.88. The van der Waals surface area contributed by atoms with Gasteiger partial charge < -0.3 is 4.74 Å². The van der Waals surface area contributed by atoms with Crippen LogP contribution in [0.4, 0.5) is 0 Å². The van der Waals surface area contributed by atoms with Gasteiger partial charge in [-0.2, -0.15) is 0 Å². The van der Waals surface area contributed by atoms with Crippen molar-refractivity contribution >= 4 is 0 Å². The maximum Gasteiger partial charge on any atom is 0.170 e. The minimum atomic E-state index is 0.884. The molecule has 0 aliphatic carbocycles. The van der Waals surface area contributed by atoms with E-state index in [1.165, 1.54) is 12.8 Å². The van der Waals surface area contributed by atoms with Crippen LogP contribution >= 0.6 is 0 Å². The zero-order valence-electron chi connectivity index (χ0n) is 5.35. The lowest BCUT2D eigenvalue weighted by atomic mass is 10.3. The molecule has 0 aromatic carbocycles. The third-order valence-corrected chi connectivity index (χ3v) is 1.28. The molecule has 0 spiro atoms. The highest BCUT2D eigenvalue weighted by Gasteiger charge is 1.88. The minimum absolute atomic E-state index is 0.884. The molecule has 0 amide bonds. The summed E-state index contributed by atoms with van der Waals surface area (Å²) in [6, 6.07) is 0. The van der Waals surface area contributed by atoms with Crippen LogP contribution < -0.4 is 0 Å². The van der Waals surface area contributed by atoms with Gasteiger partial charge in [-0.1, -0.05) is 0 Å². The van der Waals surface area contributed by atoms with E-state index in [1.54, 1.807) is 7.11 Å². The van der Waals surface area contributed by atoms with Crippen molar-refractivity contribution in [2.24, 2.45) is 0 Å². The van der Waals surface area contributed by atoms with Gasteiger partial charge in [-0.25, -0.2) is 0 Å². The van der Waals surface area contributed by atoms with Crippen molar-refractivity contribution < 1.29 is 16.3 Å². The molecule has 2 heteroatoms. The molecule has 0 saturated carbocycles. The number of alkyl halides is 1. The first kappa shape index (κ1) is 8.25. The minimum Gasteiger partial charge on any atom is -0.385 e. The molecular weight excluding hydrogens is 124 g/mol. The average molecular weight is 138 g/mol. The van der Waals surface area contributed by atoms with E-state index in [4.69, 9.17) is 16.3 Å². The Kier molecular flexibility index (Phi) is 7.48. The molecule has 0 aliphatic rings. The molecule has 0 rings (SSSR count). The summed E-state index contributed by atoms with van der Waals surface area (Å²) in [7, 11) is 1.73. The Hall–Kier alpha value is 0.250. The smallest absolute Gasteiger partial charge is 0.170 e. The second-order valence-corrected chi connectivity index (χ2v) is 2.17. The Morgan fingerprint density at radius 1 is 1.25 bits per heavy atom. The van der Waals surface area contributed by atoms with Crippen LogP contribution in [0.3, 0.4) is 0 Å². The van der Waals surface area contributed by atoms with Gasteiger partial charge in [0.15, 0.2) is 5.88 Å². The molecule has 0 fully saturated rings. The van der Waals surface area contributed by atoms with E-state index in [-0.39, 0.29) is 0 Å². The van der Waals surface area contributed by atoms with E-state index < -0.39 is 0 Å². The second-order valence-electron chi connectivity index (χ2n) is 1.76. The number of methoxy groups -OCH3 is 1. The molecule has 0 atom stereocenters. The third-order valence-electron chi connectivity index (χ3n) is 0.993. The van der Waals surface area contributed by atoms with Crippen LogP contribution in [0.2, 0.25) is 0 Å². The maximum absolute atomic E-state index is 4.85. The van der Waals surface area contributed by atoms with Crippen LogP contribution in [0.1, 0.15) is 19.3 Å². The van der Waals surface area contributed by atoms with Gasteiger partial charge in [-0.05, 0) is 12.8 Å². The number of ether oxygens (including phenoxy) is 1. The fourth-order valence-corrected chi connectivity index (χ4v) is 0.729. The molecule has 0 saturated heterocycles. The van der Waals surface area contributed by atoms with Crippen LogP contribution in [0.15, 0.2) is 0 Å². The molecule has 0 heterocycles. The standard InChI is InChI=1S/C6H14ClO/c1-8-6-4-2-3-5-7/h7H,2-6H2,1H3/q+1. The van der Waals surface area contributed by atoms with Crippen LogP contribution in [-0.4, -0.2) is 19.6 Å². The van der Waals surface area contributed by atoms with Crippen LogP contribution in [-0.2, 0) is 4.74 Å². The first-order valence-electron chi connectivity index (χ1n) is 2.99. The molecule has 8 heavy (non-hydrogen) atoms. The van der Waals surface area contributed by atoms with Crippen LogP contribution in [0.25, 0.3) is 0 Å². The average Bonchev–Trinajstić information content (AvgIpc) is 1.81. The summed E-state index contributed by atoms with van der Waals surface area (Å²) in [5.41, 5.74) is 0. The highest BCUT2D eigenvalue weighted by Crippen LogP contribution is 1.93. The molecule has 0 N–H and O–H groups in total. The molecule has 50 valence electrons. The Labute approximate surface area is 56.0 Å².